The maximum absolute atomic E-state index is 10.7. The Hall–Kier alpha value is -0.610. The van der Waals surface area contributed by atoms with Gasteiger partial charge in [-0.2, -0.15) is 0 Å². The van der Waals surface area contributed by atoms with Gasteiger partial charge in [0.1, 0.15) is 6.04 Å². The summed E-state index contributed by atoms with van der Waals surface area (Å²) in [4.78, 5) is 12.7. The predicted octanol–water partition coefficient (Wildman–Crippen LogP) is -0.116. The van der Waals surface area contributed by atoms with Crippen LogP contribution in [0.3, 0.4) is 0 Å². The van der Waals surface area contributed by atoms with E-state index in [9.17, 15) is 4.79 Å². The lowest BCUT2D eigenvalue weighted by Crippen LogP contribution is -2.48. The minimum absolute atomic E-state index is 0.218. The standard InChI is InChI=1S/C8H16N2O2/c9-6-7(8(11)12)10-4-2-1-3-5-10/h7H,1-6,9H2,(H,11,12)/t7-/m1/s1. The highest BCUT2D eigenvalue weighted by atomic mass is 16.4. The molecule has 0 unspecified atom stereocenters. The number of piperidine rings is 1. The predicted molar refractivity (Wildman–Crippen MR) is 45.9 cm³/mol. The number of nitrogens with two attached hydrogens (primary N) is 1. The number of aliphatic carboxylic acids is 1. The SMILES string of the molecule is NC[C@H](C(=O)O)N1CCCCC1. The molecule has 0 radical (unpaired) electrons. The van der Waals surface area contributed by atoms with E-state index in [1.165, 1.54) is 6.42 Å². The molecule has 70 valence electrons. The van der Waals surface area contributed by atoms with Crippen LogP contribution in [0.5, 0.6) is 0 Å². The molecule has 12 heavy (non-hydrogen) atoms. The lowest BCUT2D eigenvalue weighted by molar-refractivity contribution is -0.143. The van der Waals surface area contributed by atoms with Crippen LogP contribution in [0.1, 0.15) is 19.3 Å². The van der Waals surface area contributed by atoms with Crippen molar-refractivity contribution in [3.05, 3.63) is 0 Å². The molecule has 0 bridgehead atoms. The number of hydrogen-bond donors (Lipinski definition) is 2. The molecular formula is C8H16N2O2. The lowest BCUT2D eigenvalue weighted by Gasteiger charge is -2.30. The zero-order valence-corrected chi connectivity index (χ0v) is 7.20. The quantitative estimate of drug-likeness (QED) is 0.623. The maximum atomic E-state index is 10.7. The lowest BCUT2D eigenvalue weighted by atomic mass is 10.1. The van der Waals surface area contributed by atoms with Crippen LogP contribution in [-0.2, 0) is 4.79 Å². The van der Waals surface area contributed by atoms with Gasteiger partial charge in [-0.15, -0.1) is 0 Å². The van der Waals surface area contributed by atoms with Crippen LogP contribution in [0, 0.1) is 0 Å². The highest BCUT2D eigenvalue weighted by Gasteiger charge is 2.24. The maximum Gasteiger partial charge on any atom is 0.322 e. The Labute approximate surface area is 72.3 Å². The topological polar surface area (TPSA) is 66.6 Å². The average molecular weight is 172 g/mol. The molecule has 0 saturated carbocycles. The molecule has 1 aliphatic rings. The highest BCUT2D eigenvalue weighted by molar-refractivity contribution is 5.73. The first kappa shape index (κ1) is 9.48. The number of carboxylic acid groups (broad SMARTS) is 1. The fraction of sp³-hybridized carbons (Fsp3) is 0.875. The fourth-order valence-corrected chi connectivity index (χ4v) is 1.64. The Balaban J connectivity index is 2.46. The van der Waals surface area contributed by atoms with Crippen LogP contribution in [0.15, 0.2) is 0 Å². The van der Waals surface area contributed by atoms with E-state index < -0.39 is 12.0 Å². The molecule has 0 aromatic carbocycles. The van der Waals surface area contributed by atoms with Crippen LogP contribution >= 0.6 is 0 Å². The first-order chi connectivity index (χ1) is 5.75. The Bertz CT molecular complexity index is 155. The first-order valence-electron chi connectivity index (χ1n) is 4.42. The van der Waals surface area contributed by atoms with Crippen molar-refractivity contribution < 1.29 is 9.90 Å². The van der Waals surface area contributed by atoms with E-state index in [1.807, 2.05) is 4.90 Å². The monoisotopic (exact) mass is 172 g/mol. The summed E-state index contributed by atoms with van der Waals surface area (Å²) in [6, 6.07) is -0.467. The molecule has 4 nitrogen and oxygen atoms in total. The van der Waals surface area contributed by atoms with E-state index in [1.54, 1.807) is 0 Å². The third-order valence-electron chi connectivity index (χ3n) is 2.34. The van der Waals surface area contributed by atoms with E-state index in [4.69, 9.17) is 10.8 Å². The van der Waals surface area contributed by atoms with Gasteiger partial charge >= 0.3 is 5.97 Å². The van der Waals surface area contributed by atoms with Crippen molar-refractivity contribution in [2.45, 2.75) is 25.3 Å². The second kappa shape index (κ2) is 4.42. The molecule has 0 aromatic rings. The van der Waals surface area contributed by atoms with E-state index in [0.29, 0.717) is 0 Å². The molecule has 1 fully saturated rings. The smallest absolute Gasteiger partial charge is 0.322 e. The Morgan fingerprint density at radius 1 is 1.42 bits per heavy atom. The molecule has 0 amide bonds. The molecule has 1 aliphatic heterocycles. The summed E-state index contributed by atoms with van der Waals surface area (Å²) in [6.07, 6.45) is 3.42. The van der Waals surface area contributed by atoms with Crippen LogP contribution in [0.25, 0.3) is 0 Å². The van der Waals surface area contributed by atoms with E-state index in [0.717, 1.165) is 25.9 Å². The Morgan fingerprint density at radius 3 is 2.42 bits per heavy atom. The molecule has 1 heterocycles. The summed E-state index contributed by atoms with van der Waals surface area (Å²) >= 11 is 0. The van der Waals surface area contributed by atoms with Crippen molar-refractivity contribution in [3.63, 3.8) is 0 Å². The van der Waals surface area contributed by atoms with Gasteiger partial charge in [-0.1, -0.05) is 6.42 Å². The van der Waals surface area contributed by atoms with Gasteiger partial charge in [0.25, 0.3) is 0 Å². The molecule has 0 aromatic heterocycles. The number of hydrogen-bond acceptors (Lipinski definition) is 3. The van der Waals surface area contributed by atoms with Crippen molar-refractivity contribution in [2.75, 3.05) is 19.6 Å². The normalized spacial score (nSPS) is 22.1. The molecule has 0 spiro atoms. The summed E-state index contributed by atoms with van der Waals surface area (Å²) in [5.41, 5.74) is 5.38. The van der Waals surface area contributed by atoms with E-state index >= 15 is 0 Å². The number of rotatable bonds is 3. The second-order valence-electron chi connectivity index (χ2n) is 3.19. The van der Waals surface area contributed by atoms with Gasteiger partial charge in [0.15, 0.2) is 0 Å². The van der Waals surface area contributed by atoms with Crippen LogP contribution in [-0.4, -0.2) is 41.7 Å². The summed E-state index contributed by atoms with van der Waals surface area (Å²) < 4.78 is 0. The third kappa shape index (κ3) is 2.19. The molecule has 1 rings (SSSR count). The first-order valence-corrected chi connectivity index (χ1v) is 4.42. The molecule has 3 N–H and O–H groups in total. The summed E-state index contributed by atoms with van der Waals surface area (Å²) in [6.45, 7) is 1.98. The number of carboxylic acids is 1. The van der Waals surface area contributed by atoms with Crippen molar-refractivity contribution in [1.29, 1.82) is 0 Å². The summed E-state index contributed by atoms with van der Waals surface area (Å²) in [5, 5.41) is 8.80. The molecular weight excluding hydrogens is 156 g/mol. The second-order valence-corrected chi connectivity index (χ2v) is 3.19. The Morgan fingerprint density at radius 2 is 2.00 bits per heavy atom. The van der Waals surface area contributed by atoms with Crippen molar-refractivity contribution in [1.82, 2.24) is 4.90 Å². The zero-order chi connectivity index (χ0) is 8.97. The molecule has 4 heteroatoms. The van der Waals surface area contributed by atoms with Gasteiger partial charge in [-0.25, -0.2) is 0 Å². The highest BCUT2D eigenvalue weighted by Crippen LogP contribution is 2.11. The minimum atomic E-state index is -0.792. The minimum Gasteiger partial charge on any atom is -0.480 e. The Kier molecular flexibility index (Phi) is 3.49. The number of carbonyl (C=O) groups is 1. The largest absolute Gasteiger partial charge is 0.480 e. The van der Waals surface area contributed by atoms with E-state index in [2.05, 4.69) is 0 Å². The molecule has 0 aliphatic carbocycles. The number of likely N-dealkylation sites (tertiary alicyclic amines) is 1. The average Bonchev–Trinajstić information content (AvgIpc) is 2.07. The molecule has 1 saturated heterocycles. The van der Waals surface area contributed by atoms with E-state index in [-0.39, 0.29) is 6.54 Å². The molecule has 1 atom stereocenters. The van der Waals surface area contributed by atoms with Gasteiger partial charge in [0.2, 0.25) is 0 Å². The van der Waals surface area contributed by atoms with Gasteiger partial charge in [-0.3, -0.25) is 9.69 Å². The van der Waals surface area contributed by atoms with Crippen molar-refractivity contribution in [2.24, 2.45) is 5.73 Å². The third-order valence-corrected chi connectivity index (χ3v) is 2.34. The number of nitrogens with zero attached hydrogens (tertiary/aromatic N) is 1. The van der Waals surface area contributed by atoms with Crippen LogP contribution in [0.4, 0.5) is 0 Å². The van der Waals surface area contributed by atoms with Gasteiger partial charge in [0.05, 0.1) is 0 Å². The van der Waals surface area contributed by atoms with Crippen LogP contribution in [0.2, 0.25) is 0 Å². The summed E-state index contributed by atoms with van der Waals surface area (Å²) in [7, 11) is 0. The van der Waals surface area contributed by atoms with Crippen molar-refractivity contribution in [3.8, 4) is 0 Å². The zero-order valence-electron chi connectivity index (χ0n) is 7.20. The fourth-order valence-electron chi connectivity index (χ4n) is 1.64. The van der Waals surface area contributed by atoms with Gasteiger partial charge < -0.3 is 10.8 Å². The van der Waals surface area contributed by atoms with Gasteiger partial charge in [-0.05, 0) is 25.9 Å². The summed E-state index contributed by atoms with van der Waals surface area (Å²) in [5.74, 6) is -0.792. The van der Waals surface area contributed by atoms with Crippen molar-refractivity contribution >= 4 is 5.97 Å². The van der Waals surface area contributed by atoms with Crippen LogP contribution < -0.4 is 5.73 Å². The van der Waals surface area contributed by atoms with Gasteiger partial charge in [0, 0.05) is 6.54 Å².